The van der Waals surface area contributed by atoms with Gasteiger partial charge in [-0.15, -0.1) is 0 Å². The number of thioether (sulfide) groups is 1. The van der Waals surface area contributed by atoms with Crippen molar-refractivity contribution in [3.05, 3.63) is 18.7 Å². The molecule has 10 heavy (non-hydrogen) atoms. The zero-order chi connectivity index (χ0) is 7.23. The molecule has 1 aromatic rings. The summed E-state index contributed by atoms with van der Waals surface area (Å²) in [5.41, 5.74) is 0. The smallest absolute Gasteiger partial charge is 0.174 e. The van der Waals surface area contributed by atoms with Crippen molar-refractivity contribution >= 4 is 11.8 Å². The summed E-state index contributed by atoms with van der Waals surface area (Å²) in [7, 11) is 0. The van der Waals surface area contributed by atoms with Crippen LogP contribution in [0.1, 0.15) is 0 Å². The number of rotatable bonds is 3. The van der Waals surface area contributed by atoms with E-state index in [1.807, 2.05) is 5.40 Å². The van der Waals surface area contributed by atoms with Gasteiger partial charge in [0.2, 0.25) is 0 Å². The van der Waals surface area contributed by atoms with Crippen LogP contribution in [0.5, 0.6) is 0 Å². The van der Waals surface area contributed by atoms with Gasteiger partial charge in [-0.1, -0.05) is 0 Å². The Bertz CT molecular complexity index is 215. The average molecular weight is 155 g/mol. The zero-order valence-corrected chi connectivity index (χ0v) is 5.91. The highest BCUT2D eigenvalue weighted by atomic mass is 32.2. The number of nitrogens with zero attached hydrogens (tertiary/aromatic N) is 3. The van der Waals surface area contributed by atoms with Crippen LogP contribution in [0.25, 0.3) is 0 Å². The number of hydrogen-bond donors (Lipinski definition) is 0. The maximum atomic E-state index is 8.10. The lowest BCUT2D eigenvalue weighted by atomic mass is 11.0. The number of thiocyanates is 1. The Morgan fingerprint density at radius 2 is 2.70 bits per heavy atom. The summed E-state index contributed by atoms with van der Waals surface area (Å²) < 4.78 is 1.45. The predicted octanol–water partition coefficient (Wildman–Crippen LogP) is 0.483. The third-order valence-corrected chi connectivity index (χ3v) is 1.16. The van der Waals surface area contributed by atoms with Gasteiger partial charge >= 0.3 is 0 Å². The molecule has 0 bridgehead atoms. The number of nitriles is 1. The van der Waals surface area contributed by atoms with E-state index >= 15 is 0 Å². The third kappa shape index (κ3) is 1.99. The third-order valence-electron chi connectivity index (χ3n) is 0.805. The van der Waals surface area contributed by atoms with E-state index in [4.69, 9.17) is 10.1 Å². The highest BCUT2D eigenvalue weighted by molar-refractivity contribution is 8.03. The number of imidazole rings is 1. The van der Waals surface area contributed by atoms with E-state index in [0.717, 1.165) is 11.8 Å². The highest BCUT2D eigenvalue weighted by Crippen LogP contribution is 1.92. The molecule has 0 aliphatic carbocycles. The van der Waals surface area contributed by atoms with Crippen LogP contribution in [-0.4, -0.2) is 15.7 Å². The van der Waals surface area contributed by atoms with E-state index < -0.39 is 0 Å². The fourth-order valence-electron chi connectivity index (χ4n) is 0.437. The first-order valence-corrected chi connectivity index (χ1v) is 3.54. The van der Waals surface area contributed by atoms with Crippen molar-refractivity contribution in [1.29, 1.82) is 5.26 Å². The van der Waals surface area contributed by atoms with Gasteiger partial charge in [-0.05, 0) is 11.8 Å². The molecule has 0 aliphatic heterocycles. The van der Waals surface area contributed by atoms with E-state index in [0.29, 0.717) is 5.94 Å². The van der Waals surface area contributed by atoms with Gasteiger partial charge in [0, 0.05) is 6.20 Å². The minimum absolute atomic E-state index is 0.326. The van der Waals surface area contributed by atoms with Gasteiger partial charge in [0.05, 0.1) is 6.20 Å². The van der Waals surface area contributed by atoms with Gasteiger partial charge in [0.25, 0.3) is 0 Å². The SMILES string of the molecule is N#CSCOn1ccnc1. The largest absolute Gasteiger partial charge is 0.401 e. The average Bonchev–Trinajstić information content (AvgIpc) is 2.41. The normalized spacial score (nSPS) is 8.70. The Hall–Kier alpha value is -1.15. The van der Waals surface area contributed by atoms with Crippen molar-refractivity contribution in [2.45, 2.75) is 0 Å². The van der Waals surface area contributed by atoms with Gasteiger partial charge < -0.3 is 4.84 Å². The second kappa shape index (κ2) is 3.80. The molecule has 0 radical (unpaired) electrons. The molecule has 4 nitrogen and oxygen atoms in total. The van der Waals surface area contributed by atoms with Gasteiger partial charge in [0.1, 0.15) is 11.7 Å². The second-order valence-corrected chi connectivity index (χ2v) is 2.11. The van der Waals surface area contributed by atoms with E-state index in [9.17, 15) is 0 Å². The van der Waals surface area contributed by atoms with Crippen molar-refractivity contribution < 1.29 is 4.84 Å². The van der Waals surface area contributed by atoms with E-state index in [2.05, 4.69) is 4.98 Å². The van der Waals surface area contributed by atoms with Crippen molar-refractivity contribution in [3.63, 3.8) is 0 Å². The first-order valence-electron chi connectivity index (χ1n) is 2.55. The molecule has 0 aliphatic rings. The predicted molar refractivity (Wildman–Crippen MR) is 36.9 cm³/mol. The van der Waals surface area contributed by atoms with E-state index in [1.165, 1.54) is 11.1 Å². The van der Waals surface area contributed by atoms with Crippen molar-refractivity contribution in [2.24, 2.45) is 0 Å². The number of hydrogen-bond acceptors (Lipinski definition) is 4. The molecule has 1 heterocycles. The lowest BCUT2D eigenvalue weighted by Crippen LogP contribution is -2.07. The zero-order valence-electron chi connectivity index (χ0n) is 5.10. The molecule has 0 amide bonds. The van der Waals surface area contributed by atoms with Crippen LogP contribution >= 0.6 is 11.8 Å². The lowest BCUT2D eigenvalue weighted by molar-refractivity contribution is 0.153. The van der Waals surface area contributed by atoms with Crippen LogP contribution in [-0.2, 0) is 0 Å². The molecule has 0 fully saturated rings. The molecule has 0 saturated heterocycles. The molecule has 0 unspecified atom stereocenters. The summed E-state index contributed by atoms with van der Waals surface area (Å²) in [6, 6.07) is 0. The Kier molecular flexibility index (Phi) is 2.64. The summed E-state index contributed by atoms with van der Waals surface area (Å²) in [5.74, 6) is 0.326. The minimum Gasteiger partial charge on any atom is -0.401 e. The molecule has 0 saturated carbocycles. The van der Waals surface area contributed by atoms with E-state index in [-0.39, 0.29) is 0 Å². The fraction of sp³-hybridized carbons (Fsp3) is 0.200. The van der Waals surface area contributed by atoms with Gasteiger partial charge in [-0.3, -0.25) is 0 Å². The molecule has 0 aromatic carbocycles. The van der Waals surface area contributed by atoms with Gasteiger partial charge in [0.15, 0.2) is 5.94 Å². The molecule has 5 heteroatoms. The van der Waals surface area contributed by atoms with Gasteiger partial charge in [-0.25, -0.2) is 4.98 Å². The van der Waals surface area contributed by atoms with Crippen LogP contribution in [0.3, 0.4) is 0 Å². The topological polar surface area (TPSA) is 50.8 Å². The Balaban J connectivity index is 2.23. The molecule has 0 atom stereocenters. The molecule has 0 spiro atoms. The summed E-state index contributed by atoms with van der Waals surface area (Å²) >= 11 is 1.04. The fourth-order valence-corrected chi connectivity index (χ4v) is 0.664. The van der Waals surface area contributed by atoms with Gasteiger partial charge in [-0.2, -0.15) is 9.99 Å². The maximum Gasteiger partial charge on any atom is 0.174 e. The van der Waals surface area contributed by atoms with Crippen LogP contribution in [0.4, 0.5) is 0 Å². The molecule has 52 valence electrons. The summed E-state index contributed by atoms with van der Waals surface area (Å²) in [4.78, 5) is 8.73. The van der Waals surface area contributed by atoms with Crippen molar-refractivity contribution in [1.82, 2.24) is 9.71 Å². The van der Waals surface area contributed by atoms with Crippen LogP contribution in [0.15, 0.2) is 18.7 Å². The standard InChI is InChI=1S/C5H5N3OS/c6-3-10-5-9-8-2-1-7-4-8/h1-2,4H,5H2. The first-order chi connectivity index (χ1) is 4.93. The summed E-state index contributed by atoms with van der Waals surface area (Å²) in [5, 5.41) is 9.99. The Morgan fingerprint density at radius 1 is 1.80 bits per heavy atom. The Morgan fingerprint density at radius 3 is 3.30 bits per heavy atom. The first kappa shape index (κ1) is 6.96. The quantitative estimate of drug-likeness (QED) is 0.362. The molecule has 1 rings (SSSR count). The highest BCUT2D eigenvalue weighted by Gasteiger charge is 1.87. The number of aromatic nitrogens is 2. The second-order valence-electron chi connectivity index (χ2n) is 1.41. The van der Waals surface area contributed by atoms with Crippen LogP contribution in [0.2, 0.25) is 0 Å². The van der Waals surface area contributed by atoms with Crippen LogP contribution < -0.4 is 4.84 Å². The molecule has 0 N–H and O–H groups in total. The lowest BCUT2D eigenvalue weighted by Gasteiger charge is -1.99. The molecular weight excluding hydrogens is 150 g/mol. The summed E-state index contributed by atoms with van der Waals surface area (Å²) in [6.07, 6.45) is 4.80. The summed E-state index contributed by atoms with van der Waals surface area (Å²) in [6.45, 7) is 0. The monoisotopic (exact) mass is 155 g/mol. The van der Waals surface area contributed by atoms with E-state index in [1.54, 1.807) is 12.4 Å². The molecule has 1 aromatic heterocycles. The van der Waals surface area contributed by atoms with Crippen molar-refractivity contribution in [3.8, 4) is 5.40 Å². The van der Waals surface area contributed by atoms with Crippen molar-refractivity contribution in [2.75, 3.05) is 5.94 Å². The van der Waals surface area contributed by atoms with Crippen LogP contribution in [0, 0.1) is 10.7 Å². The maximum absolute atomic E-state index is 8.10. The molecular formula is C5H5N3OS. The Labute approximate surface area is 62.4 Å². The minimum atomic E-state index is 0.326.